The van der Waals surface area contributed by atoms with Crippen molar-refractivity contribution in [3.63, 3.8) is 0 Å². The minimum Gasteiger partial charge on any atom is -0.464 e. The second-order valence-corrected chi connectivity index (χ2v) is 4.38. The lowest BCUT2D eigenvalue weighted by Gasteiger charge is -2.07. The second-order valence-electron chi connectivity index (χ2n) is 3.59. The van der Waals surface area contributed by atoms with Gasteiger partial charge in [0, 0.05) is 11.6 Å². The third-order valence-corrected chi connectivity index (χ3v) is 3.15. The number of methoxy groups -OCH3 is 1. The number of carbonyl (C=O) groups excluding carboxylic acids is 1. The van der Waals surface area contributed by atoms with Crippen LogP contribution in [0.15, 0.2) is 24.3 Å². The number of nitrogens with zero attached hydrogens (tertiary/aromatic N) is 2. The molecule has 0 radical (unpaired) electrons. The van der Waals surface area contributed by atoms with E-state index in [1.165, 1.54) is 13.2 Å². The molecular weight excluding hydrogens is 289 g/mol. The van der Waals surface area contributed by atoms with E-state index < -0.39 is 5.97 Å². The van der Waals surface area contributed by atoms with E-state index in [1.807, 2.05) is 0 Å². The number of aromatic nitrogens is 2. The fourth-order valence-electron chi connectivity index (χ4n) is 1.47. The zero-order chi connectivity index (χ0) is 14.0. The lowest BCUT2D eigenvalue weighted by atomic mass is 10.2. The predicted molar refractivity (Wildman–Crippen MR) is 73.2 cm³/mol. The minimum absolute atomic E-state index is 0.0565. The molecule has 2 rings (SSSR count). The second kappa shape index (κ2) is 5.42. The lowest BCUT2D eigenvalue weighted by molar-refractivity contribution is 0.0594. The number of rotatable bonds is 2. The predicted octanol–water partition coefficient (Wildman–Crippen LogP) is 2.82. The standard InChI is InChI=1S/C12H9Cl2N3O2/c1-19-12(18)8-5-9(15)17-11(16-8)6-3-2-4-7(13)10(6)14/h2-5H,1H3,(H2,15,16,17). The summed E-state index contributed by atoms with van der Waals surface area (Å²) in [5.74, 6) is -0.247. The smallest absolute Gasteiger partial charge is 0.356 e. The molecule has 1 heterocycles. The average Bonchev–Trinajstić information content (AvgIpc) is 2.40. The topological polar surface area (TPSA) is 78.1 Å². The Labute approximate surface area is 119 Å². The summed E-state index contributed by atoms with van der Waals surface area (Å²) in [6, 6.07) is 6.35. The quantitative estimate of drug-likeness (QED) is 0.862. The van der Waals surface area contributed by atoms with Gasteiger partial charge in [0.25, 0.3) is 0 Å². The molecule has 0 fully saturated rings. The van der Waals surface area contributed by atoms with E-state index in [4.69, 9.17) is 28.9 Å². The van der Waals surface area contributed by atoms with Crippen LogP contribution in [0.1, 0.15) is 10.5 Å². The van der Waals surface area contributed by atoms with Gasteiger partial charge in [0.15, 0.2) is 11.5 Å². The van der Waals surface area contributed by atoms with Crippen molar-refractivity contribution in [2.24, 2.45) is 0 Å². The van der Waals surface area contributed by atoms with Crippen LogP contribution in [-0.2, 0) is 4.74 Å². The molecule has 0 atom stereocenters. The van der Waals surface area contributed by atoms with Crippen molar-refractivity contribution in [1.29, 1.82) is 0 Å². The van der Waals surface area contributed by atoms with E-state index in [-0.39, 0.29) is 17.3 Å². The van der Waals surface area contributed by atoms with Crippen molar-refractivity contribution in [3.8, 4) is 11.4 Å². The molecule has 0 saturated heterocycles. The van der Waals surface area contributed by atoms with Crippen LogP contribution < -0.4 is 5.73 Å². The Kier molecular flexibility index (Phi) is 3.87. The number of anilines is 1. The number of carbonyl (C=O) groups is 1. The number of nitrogen functional groups attached to an aromatic ring is 1. The first kappa shape index (κ1) is 13.6. The van der Waals surface area contributed by atoms with Gasteiger partial charge >= 0.3 is 5.97 Å². The fourth-order valence-corrected chi connectivity index (χ4v) is 1.86. The number of benzene rings is 1. The molecule has 0 bridgehead atoms. The summed E-state index contributed by atoms with van der Waals surface area (Å²) in [6.45, 7) is 0. The summed E-state index contributed by atoms with van der Waals surface area (Å²) in [6.07, 6.45) is 0. The van der Waals surface area contributed by atoms with Gasteiger partial charge in [-0.05, 0) is 12.1 Å². The maximum atomic E-state index is 11.5. The van der Waals surface area contributed by atoms with Gasteiger partial charge in [0.1, 0.15) is 5.82 Å². The van der Waals surface area contributed by atoms with Gasteiger partial charge in [0.05, 0.1) is 17.2 Å². The number of hydrogen-bond donors (Lipinski definition) is 1. The molecule has 0 amide bonds. The average molecular weight is 298 g/mol. The molecule has 1 aromatic heterocycles. The molecule has 2 N–H and O–H groups in total. The first-order chi connectivity index (χ1) is 9.02. The summed E-state index contributed by atoms with van der Waals surface area (Å²) < 4.78 is 4.59. The first-order valence-electron chi connectivity index (χ1n) is 5.20. The summed E-state index contributed by atoms with van der Waals surface area (Å²) >= 11 is 12.0. The van der Waals surface area contributed by atoms with Gasteiger partial charge in [0.2, 0.25) is 0 Å². The molecule has 0 aliphatic heterocycles. The van der Waals surface area contributed by atoms with E-state index in [2.05, 4.69) is 14.7 Å². The van der Waals surface area contributed by atoms with Crippen LogP contribution in [0, 0.1) is 0 Å². The van der Waals surface area contributed by atoms with Crippen molar-refractivity contribution in [2.75, 3.05) is 12.8 Å². The maximum Gasteiger partial charge on any atom is 0.356 e. The van der Waals surface area contributed by atoms with Gasteiger partial charge < -0.3 is 10.5 Å². The Hall–Kier alpha value is -1.85. The number of halogens is 2. The van der Waals surface area contributed by atoms with Crippen molar-refractivity contribution < 1.29 is 9.53 Å². The van der Waals surface area contributed by atoms with E-state index in [0.717, 1.165) is 0 Å². The van der Waals surface area contributed by atoms with Crippen molar-refractivity contribution in [1.82, 2.24) is 9.97 Å². The van der Waals surface area contributed by atoms with Crippen LogP contribution in [-0.4, -0.2) is 23.0 Å². The normalized spacial score (nSPS) is 10.3. The van der Waals surface area contributed by atoms with Crippen molar-refractivity contribution in [3.05, 3.63) is 40.0 Å². The van der Waals surface area contributed by atoms with E-state index in [9.17, 15) is 4.79 Å². The van der Waals surface area contributed by atoms with Gasteiger partial charge in [-0.2, -0.15) is 0 Å². The van der Waals surface area contributed by atoms with Crippen molar-refractivity contribution in [2.45, 2.75) is 0 Å². The molecule has 7 heteroatoms. The molecule has 98 valence electrons. The monoisotopic (exact) mass is 297 g/mol. The molecule has 0 aliphatic rings. The molecule has 2 aromatic rings. The third kappa shape index (κ3) is 2.77. The molecule has 5 nitrogen and oxygen atoms in total. The molecular formula is C12H9Cl2N3O2. The van der Waals surface area contributed by atoms with Crippen LogP contribution in [0.4, 0.5) is 5.82 Å². The number of hydrogen-bond acceptors (Lipinski definition) is 5. The van der Waals surface area contributed by atoms with Gasteiger partial charge in [-0.1, -0.05) is 29.3 Å². The number of ether oxygens (including phenoxy) is 1. The Morgan fingerprint density at radius 3 is 2.74 bits per heavy atom. The highest BCUT2D eigenvalue weighted by Crippen LogP contribution is 2.31. The Morgan fingerprint density at radius 1 is 1.32 bits per heavy atom. The molecule has 0 unspecified atom stereocenters. The van der Waals surface area contributed by atoms with Crippen LogP contribution in [0.25, 0.3) is 11.4 Å². The molecule has 0 saturated carbocycles. The van der Waals surface area contributed by atoms with Gasteiger partial charge in [-0.15, -0.1) is 0 Å². The molecule has 0 spiro atoms. The molecule has 0 aliphatic carbocycles. The zero-order valence-electron chi connectivity index (χ0n) is 9.85. The Balaban J connectivity index is 2.59. The Bertz CT molecular complexity index is 647. The van der Waals surface area contributed by atoms with Crippen LogP contribution in [0.5, 0.6) is 0 Å². The van der Waals surface area contributed by atoms with Crippen molar-refractivity contribution >= 4 is 35.0 Å². The highest BCUT2D eigenvalue weighted by molar-refractivity contribution is 6.43. The fraction of sp³-hybridized carbons (Fsp3) is 0.0833. The SMILES string of the molecule is COC(=O)c1cc(N)nc(-c2cccc(Cl)c2Cl)n1. The number of esters is 1. The molecule has 19 heavy (non-hydrogen) atoms. The van der Waals surface area contributed by atoms with E-state index >= 15 is 0 Å². The summed E-state index contributed by atoms with van der Waals surface area (Å²) in [5.41, 5.74) is 6.19. The third-order valence-electron chi connectivity index (χ3n) is 2.33. The van der Waals surface area contributed by atoms with E-state index in [0.29, 0.717) is 15.6 Å². The van der Waals surface area contributed by atoms with Gasteiger partial charge in [-0.3, -0.25) is 0 Å². The highest BCUT2D eigenvalue weighted by Gasteiger charge is 2.15. The highest BCUT2D eigenvalue weighted by atomic mass is 35.5. The van der Waals surface area contributed by atoms with E-state index in [1.54, 1.807) is 18.2 Å². The zero-order valence-corrected chi connectivity index (χ0v) is 11.4. The van der Waals surface area contributed by atoms with Crippen LogP contribution in [0.3, 0.4) is 0 Å². The Morgan fingerprint density at radius 2 is 2.05 bits per heavy atom. The summed E-state index contributed by atoms with van der Waals surface area (Å²) in [5, 5.41) is 0.662. The minimum atomic E-state index is -0.603. The summed E-state index contributed by atoms with van der Waals surface area (Å²) in [7, 11) is 1.26. The lowest BCUT2D eigenvalue weighted by Crippen LogP contribution is -2.08. The van der Waals surface area contributed by atoms with Crippen LogP contribution in [0.2, 0.25) is 10.0 Å². The molecule has 1 aromatic carbocycles. The number of nitrogens with two attached hydrogens (primary N) is 1. The summed E-state index contributed by atoms with van der Waals surface area (Å²) in [4.78, 5) is 19.6. The van der Waals surface area contributed by atoms with Gasteiger partial charge in [-0.25, -0.2) is 14.8 Å². The maximum absolute atomic E-state index is 11.5. The van der Waals surface area contributed by atoms with Crippen LogP contribution >= 0.6 is 23.2 Å². The first-order valence-corrected chi connectivity index (χ1v) is 5.95. The largest absolute Gasteiger partial charge is 0.464 e.